The van der Waals surface area contributed by atoms with Crippen LogP contribution in [0.4, 0.5) is 0 Å². The van der Waals surface area contributed by atoms with Crippen molar-refractivity contribution >= 4 is 0 Å². The number of rotatable bonds is 3. The lowest BCUT2D eigenvalue weighted by Gasteiger charge is -2.38. The van der Waals surface area contributed by atoms with Crippen LogP contribution in [0.5, 0.6) is 0 Å². The van der Waals surface area contributed by atoms with Crippen LogP contribution < -0.4 is 0 Å². The van der Waals surface area contributed by atoms with Gasteiger partial charge in [-0.1, -0.05) is 33.1 Å². The largest absolute Gasteiger partial charge is 0.390 e. The fourth-order valence-electron chi connectivity index (χ4n) is 2.52. The molecule has 0 bridgehead atoms. The van der Waals surface area contributed by atoms with Crippen molar-refractivity contribution in [1.82, 2.24) is 0 Å². The maximum Gasteiger partial charge on any atom is 0.0645 e. The van der Waals surface area contributed by atoms with Gasteiger partial charge in [-0.25, -0.2) is 0 Å². The molecule has 1 saturated carbocycles. The minimum Gasteiger partial charge on any atom is -0.390 e. The van der Waals surface area contributed by atoms with E-state index in [-0.39, 0.29) is 0 Å². The Kier molecular flexibility index (Phi) is 3.78. The van der Waals surface area contributed by atoms with Crippen LogP contribution in [0.25, 0.3) is 0 Å². The molecule has 0 amide bonds. The average Bonchev–Trinajstić information content (AvgIpc) is 2.18. The lowest BCUT2D eigenvalue weighted by Crippen LogP contribution is -2.37. The van der Waals surface area contributed by atoms with Gasteiger partial charge in [-0.3, -0.25) is 0 Å². The van der Waals surface area contributed by atoms with Crippen LogP contribution >= 0.6 is 0 Å². The number of hydrogen-bond acceptors (Lipinski definition) is 1. The van der Waals surface area contributed by atoms with Gasteiger partial charge in [0.15, 0.2) is 0 Å². The van der Waals surface area contributed by atoms with Crippen LogP contribution in [-0.2, 0) is 0 Å². The van der Waals surface area contributed by atoms with Crippen molar-refractivity contribution < 1.29 is 5.11 Å². The Morgan fingerprint density at radius 3 is 2.54 bits per heavy atom. The molecule has 1 heteroatoms. The summed E-state index contributed by atoms with van der Waals surface area (Å²) in [4.78, 5) is 0. The van der Waals surface area contributed by atoms with E-state index < -0.39 is 5.60 Å². The molecular formula is C12H24O. The van der Waals surface area contributed by atoms with E-state index >= 15 is 0 Å². The first kappa shape index (κ1) is 11.0. The first-order valence-corrected chi connectivity index (χ1v) is 5.82. The van der Waals surface area contributed by atoms with E-state index in [1.807, 2.05) is 6.92 Å². The van der Waals surface area contributed by atoms with Gasteiger partial charge in [-0.2, -0.15) is 0 Å². The summed E-state index contributed by atoms with van der Waals surface area (Å²) in [7, 11) is 0. The zero-order chi connectivity index (χ0) is 9.90. The summed E-state index contributed by atoms with van der Waals surface area (Å²) < 4.78 is 0. The first-order valence-electron chi connectivity index (χ1n) is 5.82. The monoisotopic (exact) mass is 184 g/mol. The SMILES string of the molecule is CCC1CCCC(C(C)(O)CC)C1. The smallest absolute Gasteiger partial charge is 0.0645 e. The predicted molar refractivity (Wildman–Crippen MR) is 56.7 cm³/mol. The second kappa shape index (κ2) is 4.45. The van der Waals surface area contributed by atoms with Crippen LogP contribution in [0.1, 0.15) is 59.3 Å². The van der Waals surface area contributed by atoms with Crippen molar-refractivity contribution in [2.45, 2.75) is 64.9 Å². The van der Waals surface area contributed by atoms with Gasteiger partial charge >= 0.3 is 0 Å². The summed E-state index contributed by atoms with van der Waals surface area (Å²) in [6.07, 6.45) is 7.37. The molecule has 0 aliphatic heterocycles. The molecule has 1 fully saturated rings. The van der Waals surface area contributed by atoms with E-state index in [4.69, 9.17) is 0 Å². The normalized spacial score (nSPS) is 34.2. The highest BCUT2D eigenvalue weighted by Crippen LogP contribution is 2.38. The molecule has 0 radical (unpaired) electrons. The Labute approximate surface area is 82.5 Å². The fraction of sp³-hybridized carbons (Fsp3) is 1.00. The van der Waals surface area contributed by atoms with Crippen LogP contribution in [0.2, 0.25) is 0 Å². The van der Waals surface area contributed by atoms with Gasteiger partial charge in [0.25, 0.3) is 0 Å². The first-order chi connectivity index (χ1) is 6.10. The summed E-state index contributed by atoms with van der Waals surface area (Å²) in [5.41, 5.74) is -0.409. The Hall–Kier alpha value is -0.0400. The molecule has 0 spiro atoms. The molecule has 1 rings (SSSR count). The lowest BCUT2D eigenvalue weighted by atomic mass is 9.72. The van der Waals surface area contributed by atoms with Crippen LogP contribution in [0.3, 0.4) is 0 Å². The van der Waals surface area contributed by atoms with Crippen molar-refractivity contribution in [2.24, 2.45) is 11.8 Å². The summed E-state index contributed by atoms with van der Waals surface area (Å²) in [5, 5.41) is 10.2. The maximum absolute atomic E-state index is 10.2. The molecule has 0 saturated heterocycles. The molecule has 0 aromatic carbocycles. The highest BCUT2D eigenvalue weighted by atomic mass is 16.3. The standard InChI is InChI=1S/C12H24O/c1-4-10-7-6-8-11(9-10)12(3,13)5-2/h10-11,13H,4-9H2,1-3H3. The van der Waals surface area contributed by atoms with Crippen molar-refractivity contribution in [2.75, 3.05) is 0 Å². The van der Waals surface area contributed by atoms with E-state index in [0.717, 1.165) is 12.3 Å². The minimum atomic E-state index is -0.409. The topological polar surface area (TPSA) is 20.2 Å². The van der Waals surface area contributed by atoms with Crippen molar-refractivity contribution in [1.29, 1.82) is 0 Å². The second-order valence-corrected chi connectivity index (χ2v) is 4.85. The predicted octanol–water partition coefficient (Wildman–Crippen LogP) is 3.36. The summed E-state index contributed by atoms with van der Waals surface area (Å²) >= 11 is 0. The van der Waals surface area contributed by atoms with E-state index in [9.17, 15) is 5.11 Å². The van der Waals surface area contributed by atoms with Crippen LogP contribution in [0, 0.1) is 11.8 Å². The Morgan fingerprint density at radius 2 is 2.00 bits per heavy atom. The van der Waals surface area contributed by atoms with E-state index in [1.165, 1.54) is 32.1 Å². The third kappa shape index (κ3) is 2.70. The molecule has 1 aliphatic rings. The van der Waals surface area contributed by atoms with E-state index in [0.29, 0.717) is 5.92 Å². The van der Waals surface area contributed by atoms with Gasteiger partial charge in [-0.05, 0) is 38.0 Å². The Morgan fingerprint density at radius 1 is 1.31 bits per heavy atom. The molecule has 1 nitrogen and oxygen atoms in total. The zero-order valence-corrected chi connectivity index (χ0v) is 9.34. The molecule has 0 aromatic rings. The minimum absolute atomic E-state index is 0.409. The van der Waals surface area contributed by atoms with Gasteiger partial charge < -0.3 is 5.11 Å². The molecule has 78 valence electrons. The zero-order valence-electron chi connectivity index (χ0n) is 9.34. The number of aliphatic hydroxyl groups is 1. The van der Waals surface area contributed by atoms with Crippen LogP contribution in [0.15, 0.2) is 0 Å². The molecule has 3 unspecified atom stereocenters. The Bertz CT molecular complexity index is 151. The molecule has 0 heterocycles. The summed E-state index contributed by atoms with van der Waals surface area (Å²) in [6, 6.07) is 0. The van der Waals surface area contributed by atoms with Gasteiger partial charge in [-0.15, -0.1) is 0 Å². The quantitative estimate of drug-likeness (QED) is 0.713. The highest BCUT2D eigenvalue weighted by Gasteiger charge is 2.33. The van der Waals surface area contributed by atoms with Crippen molar-refractivity contribution in [3.8, 4) is 0 Å². The van der Waals surface area contributed by atoms with E-state index in [2.05, 4.69) is 13.8 Å². The summed E-state index contributed by atoms with van der Waals surface area (Å²) in [6.45, 7) is 6.37. The van der Waals surface area contributed by atoms with E-state index in [1.54, 1.807) is 0 Å². The third-order valence-corrected chi connectivity index (χ3v) is 3.96. The molecule has 3 atom stereocenters. The van der Waals surface area contributed by atoms with Gasteiger partial charge in [0.2, 0.25) is 0 Å². The van der Waals surface area contributed by atoms with Crippen LogP contribution in [-0.4, -0.2) is 10.7 Å². The van der Waals surface area contributed by atoms with Crippen molar-refractivity contribution in [3.05, 3.63) is 0 Å². The Balaban J connectivity index is 2.50. The molecule has 0 aromatic heterocycles. The van der Waals surface area contributed by atoms with Crippen molar-refractivity contribution in [3.63, 3.8) is 0 Å². The van der Waals surface area contributed by atoms with Gasteiger partial charge in [0.05, 0.1) is 5.60 Å². The number of hydrogen-bond donors (Lipinski definition) is 1. The molecule has 1 aliphatic carbocycles. The molecular weight excluding hydrogens is 160 g/mol. The summed E-state index contributed by atoms with van der Waals surface area (Å²) in [5.74, 6) is 1.42. The highest BCUT2D eigenvalue weighted by molar-refractivity contribution is 4.85. The maximum atomic E-state index is 10.2. The lowest BCUT2D eigenvalue weighted by molar-refractivity contribution is -0.0289. The fourth-order valence-corrected chi connectivity index (χ4v) is 2.52. The molecule has 13 heavy (non-hydrogen) atoms. The third-order valence-electron chi connectivity index (χ3n) is 3.96. The average molecular weight is 184 g/mol. The van der Waals surface area contributed by atoms with Gasteiger partial charge in [0.1, 0.15) is 0 Å². The van der Waals surface area contributed by atoms with Gasteiger partial charge in [0, 0.05) is 0 Å². The second-order valence-electron chi connectivity index (χ2n) is 4.85. The molecule has 1 N–H and O–H groups in total.